The number of halogens is 3. The Morgan fingerprint density at radius 3 is 2.40 bits per heavy atom. The van der Waals surface area contributed by atoms with Crippen LogP contribution in [-0.4, -0.2) is 37.8 Å². The van der Waals surface area contributed by atoms with Crippen LogP contribution in [0.5, 0.6) is 0 Å². The van der Waals surface area contributed by atoms with Crippen LogP contribution in [0.1, 0.15) is 55.7 Å². The van der Waals surface area contributed by atoms with E-state index in [-0.39, 0.29) is 5.84 Å². The van der Waals surface area contributed by atoms with Crippen LogP contribution >= 0.6 is 0 Å². The molecular formula is C39H43F3N4O2+2. The summed E-state index contributed by atoms with van der Waals surface area (Å²) < 4.78 is 52.9. The lowest BCUT2D eigenvalue weighted by Crippen LogP contribution is -3.09. The van der Waals surface area contributed by atoms with Crippen LogP contribution < -0.4 is 19.7 Å². The van der Waals surface area contributed by atoms with E-state index < -0.39 is 24.8 Å². The summed E-state index contributed by atoms with van der Waals surface area (Å²) in [5, 5.41) is 2.68. The van der Waals surface area contributed by atoms with Gasteiger partial charge in [-0.3, -0.25) is 5.32 Å². The number of benzene rings is 4. The maximum atomic E-state index is 15.3. The van der Waals surface area contributed by atoms with E-state index in [1.807, 2.05) is 73.7 Å². The highest BCUT2D eigenvalue weighted by molar-refractivity contribution is 5.93. The van der Waals surface area contributed by atoms with Crippen molar-refractivity contribution in [3.63, 3.8) is 0 Å². The first-order valence-electron chi connectivity index (χ1n) is 16.8. The molecule has 2 aliphatic rings. The van der Waals surface area contributed by atoms with Gasteiger partial charge in [-0.15, -0.1) is 4.58 Å². The Morgan fingerprint density at radius 1 is 0.958 bits per heavy atom. The predicted octanol–water partition coefficient (Wildman–Crippen LogP) is 8.50. The molecule has 48 heavy (non-hydrogen) atoms. The molecule has 250 valence electrons. The molecule has 2 heterocycles. The van der Waals surface area contributed by atoms with E-state index in [9.17, 15) is 4.79 Å². The Hall–Kier alpha value is -4.63. The van der Waals surface area contributed by atoms with E-state index in [0.717, 1.165) is 60.4 Å². The third-order valence-electron chi connectivity index (χ3n) is 9.57. The van der Waals surface area contributed by atoms with Crippen molar-refractivity contribution >= 4 is 40.4 Å². The van der Waals surface area contributed by atoms with Gasteiger partial charge in [0, 0.05) is 54.3 Å². The fourth-order valence-corrected chi connectivity index (χ4v) is 6.78. The van der Waals surface area contributed by atoms with Gasteiger partial charge in [0.15, 0.2) is 0 Å². The Balaban J connectivity index is 1.33. The maximum absolute atomic E-state index is 15.3. The van der Waals surface area contributed by atoms with Gasteiger partial charge < -0.3 is 9.64 Å². The molecule has 4 aromatic rings. The largest absolute Gasteiger partial charge is 0.448 e. The first-order chi connectivity index (χ1) is 23.1. The smallest absolute Gasteiger partial charge is 0.411 e. The molecule has 1 fully saturated rings. The minimum Gasteiger partial charge on any atom is -0.448 e. The number of nitrogens with zero attached hydrogens (tertiary/aromatic N) is 2. The van der Waals surface area contributed by atoms with Crippen LogP contribution in [0.25, 0.3) is 0 Å². The lowest BCUT2D eigenvalue weighted by molar-refractivity contribution is -0.749. The Kier molecular flexibility index (Phi) is 9.87. The molecule has 1 amide bonds. The number of alkyl halides is 3. The van der Waals surface area contributed by atoms with Crippen LogP contribution in [0.15, 0.2) is 97.1 Å². The van der Waals surface area contributed by atoms with Gasteiger partial charge in [0.05, 0.1) is 0 Å². The van der Waals surface area contributed by atoms with Crippen molar-refractivity contribution in [1.29, 1.82) is 0 Å². The number of fused-ring (bicyclic) bond motifs is 1. The summed E-state index contributed by atoms with van der Waals surface area (Å²) in [4.78, 5) is 15.9. The summed E-state index contributed by atoms with van der Waals surface area (Å²) in [6, 6.07) is 30.3. The molecule has 9 heteroatoms. The Bertz CT molecular complexity index is 1780. The quantitative estimate of drug-likeness (QED) is 0.168. The van der Waals surface area contributed by atoms with Gasteiger partial charge in [0.2, 0.25) is 17.3 Å². The van der Waals surface area contributed by atoms with Crippen molar-refractivity contribution in [2.24, 2.45) is 5.92 Å². The van der Waals surface area contributed by atoms with Crippen LogP contribution in [-0.2, 0) is 11.3 Å². The van der Waals surface area contributed by atoms with Crippen molar-refractivity contribution in [3.05, 3.63) is 114 Å². The molecule has 0 aromatic heterocycles. The minimum atomic E-state index is -4.71. The highest BCUT2D eigenvalue weighted by Gasteiger charge is 2.58. The monoisotopic (exact) mass is 656 g/mol. The first-order valence-corrected chi connectivity index (χ1v) is 16.8. The number of anilines is 2. The normalized spacial score (nSPS) is 17.3. The van der Waals surface area contributed by atoms with Crippen LogP contribution in [0.4, 0.5) is 46.4 Å². The summed E-state index contributed by atoms with van der Waals surface area (Å²) in [6.07, 6.45) is -2.39. The van der Waals surface area contributed by atoms with E-state index in [4.69, 9.17) is 4.74 Å². The molecule has 2 N–H and O–H groups in total. The molecule has 3 atom stereocenters. The number of amides is 1. The number of hydrogen-bond donors (Lipinski definition) is 2. The zero-order valence-corrected chi connectivity index (χ0v) is 27.7. The van der Waals surface area contributed by atoms with Gasteiger partial charge in [0.1, 0.15) is 13.2 Å². The van der Waals surface area contributed by atoms with E-state index in [1.165, 1.54) is 0 Å². The Labute approximate surface area is 280 Å². The average Bonchev–Trinajstić information content (AvgIpc) is 3.73. The number of ether oxygens (including phenoxy) is 1. The molecule has 3 unspecified atom stereocenters. The predicted molar refractivity (Wildman–Crippen MR) is 186 cm³/mol. The number of aryl methyl sites for hydroxylation is 1. The summed E-state index contributed by atoms with van der Waals surface area (Å²) in [7, 11) is 0. The van der Waals surface area contributed by atoms with E-state index in [0.29, 0.717) is 34.4 Å². The Morgan fingerprint density at radius 2 is 1.69 bits per heavy atom. The third-order valence-corrected chi connectivity index (χ3v) is 9.57. The maximum Gasteiger partial charge on any atom is 0.411 e. The zero-order chi connectivity index (χ0) is 33.8. The SMILES string of the molecule is CCC(C)c1cccc(C[NH+]2C(C(COC(=O)Nc3ccc(N4CCCC4)cc3C)C(F)(F)F)=[N+](c3ccccc3)c3ccccc32)c1. The minimum absolute atomic E-state index is 0.0720. The fourth-order valence-electron chi connectivity index (χ4n) is 6.78. The third kappa shape index (κ3) is 7.11. The van der Waals surface area contributed by atoms with Crippen molar-refractivity contribution in [3.8, 4) is 0 Å². The highest BCUT2D eigenvalue weighted by atomic mass is 19.4. The zero-order valence-electron chi connectivity index (χ0n) is 27.7. The van der Waals surface area contributed by atoms with Crippen molar-refractivity contribution in [2.75, 3.05) is 29.9 Å². The molecule has 0 saturated carbocycles. The van der Waals surface area contributed by atoms with Gasteiger partial charge in [-0.05, 0) is 67.5 Å². The number of carbonyl (C=O) groups excluding carboxylic acids is 1. The average molecular weight is 657 g/mol. The first kappa shape index (κ1) is 33.3. The van der Waals surface area contributed by atoms with Crippen LogP contribution in [0.2, 0.25) is 0 Å². The molecule has 1 saturated heterocycles. The van der Waals surface area contributed by atoms with Gasteiger partial charge in [-0.2, -0.15) is 13.2 Å². The molecule has 0 aliphatic carbocycles. The highest BCUT2D eigenvalue weighted by Crippen LogP contribution is 2.36. The molecule has 6 rings (SSSR count). The molecule has 0 spiro atoms. The van der Waals surface area contributed by atoms with E-state index in [2.05, 4.69) is 36.2 Å². The number of quaternary nitrogens is 1. The molecule has 6 nitrogen and oxygen atoms in total. The summed E-state index contributed by atoms with van der Waals surface area (Å²) in [5.41, 5.74) is 6.48. The second-order valence-electron chi connectivity index (χ2n) is 12.8. The van der Waals surface area contributed by atoms with E-state index >= 15 is 13.2 Å². The number of nitrogens with one attached hydrogen (secondary N) is 2. The second kappa shape index (κ2) is 14.2. The van der Waals surface area contributed by atoms with Crippen LogP contribution in [0, 0.1) is 12.8 Å². The van der Waals surface area contributed by atoms with Gasteiger partial charge in [-0.25, -0.2) is 9.69 Å². The standard InChI is InChI=1S/C39H41F3N4O2/c1-4-27(2)30-14-12-13-29(24-30)25-45-35-17-8-9-18-36(35)46(31-15-6-5-7-16-31)37(45)33(39(40,41)42)26-48-38(47)43-34-20-19-32(23-28(34)3)44-21-10-11-22-44/h5-9,12-20,23-24,27,33H,4,10-11,21-22,25-26H2,1-3H3/p+2. The van der Waals surface area contributed by atoms with Crippen molar-refractivity contribution in [2.45, 2.75) is 58.7 Å². The molecule has 0 bridgehead atoms. The van der Waals surface area contributed by atoms with Crippen molar-refractivity contribution in [1.82, 2.24) is 4.58 Å². The summed E-state index contributed by atoms with van der Waals surface area (Å²) in [5.74, 6) is -1.69. The second-order valence-corrected chi connectivity index (χ2v) is 12.8. The number of carbonyl (C=O) groups is 1. The molecule has 2 aliphatic heterocycles. The van der Waals surface area contributed by atoms with E-state index in [1.54, 1.807) is 22.8 Å². The topological polar surface area (TPSA) is 49.0 Å². The fraction of sp³-hybridized carbons (Fsp3) is 0.333. The summed E-state index contributed by atoms with van der Waals surface area (Å²) >= 11 is 0. The van der Waals surface area contributed by atoms with Gasteiger partial charge >= 0.3 is 18.1 Å². The van der Waals surface area contributed by atoms with Gasteiger partial charge in [0.25, 0.3) is 5.69 Å². The number of rotatable bonds is 10. The van der Waals surface area contributed by atoms with Crippen molar-refractivity contribution < 1.29 is 27.6 Å². The number of para-hydroxylation sites is 3. The molecule has 4 aromatic carbocycles. The lowest BCUT2D eigenvalue weighted by atomic mass is 9.96. The summed E-state index contributed by atoms with van der Waals surface area (Å²) in [6.45, 7) is 7.53. The number of amidine groups is 1. The van der Waals surface area contributed by atoms with Crippen LogP contribution in [0.3, 0.4) is 0 Å². The lowest BCUT2D eigenvalue weighted by Gasteiger charge is -2.22. The number of hydrogen-bond acceptors (Lipinski definition) is 3. The molecular weight excluding hydrogens is 613 g/mol. The van der Waals surface area contributed by atoms with Gasteiger partial charge in [-0.1, -0.05) is 62.4 Å². The molecule has 0 radical (unpaired) electrons.